The van der Waals surface area contributed by atoms with E-state index in [0.717, 1.165) is 35.8 Å². The van der Waals surface area contributed by atoms with Crippen LogP contribution in [0.25, 0.3) is 0 Å². The van der Waals surface area contributed by atoms with Gasteiger partial charge in [0.2, 0.25) is 0 Å². The number of nitrogens with two attached hydrogens (primary N) is 2. The molecule has 1 aromatic rings. The molecule has 1 aliphatic rings. The van der Waals surface area contributed by atoms with Gasteiger partial charge in [-0.2, -0.15) is 0 Å². The van der Waals surface area contributed by atoms with Crippen LogP contribution in [0.2, 0.25) is 0 Å². The average molecular weight is 496 g/mol. The van der Waals surface area contributed by atoms with E-state index in [1.54, 1.807) is 12.1 Å². The SMILES string of the molecule is Cc1cc(O)cc(C)c1C[C@@H](N)C(=O)CCC(N)(C(=O)NCCCC1CCCCC1)S(C)(=O)=O. The summed E-state index contributed by atoms with van der Waals surface area (Å²) in [6, 6.07) is 2.34. The summed E-state index contributed by atoms with van der Waals surface area (Å²) in [7, 11) is -3.97. The van der Waals surface area contributed by atoms with Crippen LogP contribution in [0.4, 0.5) is 0 Å². The highest BCUT2D eigenvalue weighted by Gasteiger charge is 2.44. The highest BCUT2D eigenvalue weighted by Crippen LogP contribution is 2.27. The maximum Gasteiger partial charge on any atom is 0.255 e. The summed E-state index contributed by atoms with van der Waals surface area (Å²) in [4.78, 5) is 23.3. The number of nitrogens with one attached hydrogen (secondary N) is 1. The monoisotopic (exact) mass is 495 g/mol. The summed E-state index contributed by atoms with van der Waals surface area (Å²) in [5, 5.41) is 12.4. The van der Waals surface area contributed by atoms with Crippen LogP contribution < -0.4 is 16.8 Å². The topological polar surface area (TPSA) is 153 Å². The minimum absolute atomic E-state index is 0.143. The van der Waals surface area contributed by atoms with E-state index in [1.807, 2.05) is 13.8 Å². The largest absolute Gasteiger partial charge is 0.508 e. The molecular formula is C25H41N3O5S. The van der Waals surface area contributed by atoms with E-state index in [0.29, 0.717) is 12.5 Å². The molecule has 0 bridgehead atoms. The van der Waals surface area contributed by atoms with Crippen LogP contribution in [-0.4, -0.2) is 48.9 Å². The number of amides is 1. The minimum atomic E-state index is -3.97. The second kappa shape index (κ2) is 12.1. The molecule has 0 aromatic heterocycles. The number of ketones is 1. The van der Waals surface area contributed by atoms with Crippen molar-refractivity contribution in [2.45, 2.75) is 89.0 Å². The molecule has 2 atom stereocenters. The second-order valence-corrected chi connectivity index (χ2v) is 12.2. The molecule has 192 valence electrons. The van der Waals surface area contributed by atoms with Crippen molar-refractivity contribution in [3.63, 3.8) is 0 Å². The lowest BCUT2D eigenvalue weighted by molar-refractivity contribution is -0.124. The van der Waals surface area contributed by atoms with Crippen molar-refractivity contribution in [2.75, 3.05) is 12.8 Å². The van der Waals surface area contributed by atoms with E-state index >= 15 is 0 Å². The van der Waals surface area contributed by atoms with Crippen molar-refractivity contribution >= 4 is 21.5 Å². The van der Waals surface area contributed by atoms with Gasteiger partial charge in [-0.05, 0) is 74.3 Å². The number of rotatable bonds is 12. The average Bonchev–Trinajstić information content (AvgIpc) is 2.76. The number of carbonyl (C=O) groups excluding carboxylic acids is 2. The fraction of sp³-hybridized carbons (Fsp3) is 0.680. The molecule has 1 aromatic carbocycles. The lowest BCUT2D eigenvalue weighted by atomic mass is 9.86. The zero-order valence-corrected chi connectivity index (χ0v) is 21.5. The van der Waals surface area contributed by atoms with Gasteiger partial charge in [0.25, 0.3) is 5.91 Å². The third kappa shape index (κ3) is 7.52. The quantitative estimate of drug-likeness (QED) is 0.325. The third-order valence-electron chi connectivity index (χ3n) is 7.11. The fourth-order valence-corrected chi connectivity index (χ4v) is 5.69. The van der Waals surface area contributed by atoms with Crippen LogP contribution in [-0.2, 0) is 25.8 Å². The lowest BCUT2D eigenvalue weighted by Gasteiger charge is -2.27. The number of Topliss-reactive ketones (excluding diaryl/α,β-unsaturated/α-hetero) is 1. The number of phenolic OH excluding ortho intramolecular Hbond substituents is 1. The second-order valence-electron chi connectivity index (χ2n) is 9.90. The highest BCUT2D eigenvalue weighted by atomic mass is 32.2. The number of sulfone groups is 1. The van der Waals surface area contributed by atoms with Crippen molar-refractivity contribution in [2.24, 2.45) is 17.4 Å². The Hall–Kier alpha value is -1.97. The molecule has 1 fully saturated rings. The Kier molecular flexibility index (Phi) is 10.1. The van der Waals surface area contributed by atoms with E-state index < -0.39 is 26.7 Å². The van der Waals surface area contributed by atoms with E-state index in [4.69, 9.17) is 11.5 Å². The Bertz CT molecular complexity index is 950. The van der Waals surface area contributed by atoms with Crippen LogP contribution >= 0.6 is 0 Å². The summed E-state index contributed by atoms with van der Waals surface area (Å²) in [6.45, 7) is 4.01. The van der Waals surface area contributed by atoms with E-state index in [9.17, 15) is 23.1 Å². The molecule has 0 heterocycles. The van der Waals surface area contributed by atoms with Crippen LogP contribution in [0.15, 0.2) is 12.1 Å². The Morgan fingerprint density at radius 2 is 1.76 bits per heavy atom. The molecule has 34 heavy (non-hydrogen) atoms. The van der Waals surface area contributed by atoms with Crippen molar-refractivity contribution in [3.05, 3.63) is 28.8 Å². The highest BCUT2D eigenvalue weighted by molar-refractivity contribution is 7.92. The maximum absolute atomic E-state index is 12.8. The van der Waals surface area contributed by atoms with Crippen molar-refractivity contribution < 1.29 is 23.1 Å². The van der Waals surface area contributed by atoms with Gasteiger partial charge < -0.3 is 21.9 Å². The van der Waals surface area contributed by atoms with Crippen molar-refractivity contribution in [1.82, 2.24) is 5.32 Å². The van der Waals surface area contributed by atoms with Gasteiger partial charge in [0.05, 0.1) is 6.04 Å². The zero-order valence-electron chi connectivity index (χ0n) is 20.7. The fourth-order valence-electron chi connectivity index (χ4n) is 4.81. The number of hydrogen-bond acceptors (Lipinski definition) is 7. The molecule has 8 nitrogen and oxygen atoms in total. The lowest BCUT2D eigenvalue weighted by Crippen LogP contribution is -2.59. The first-order valence-corrected chi connectivity index (χ1v) is 14.1. The summed E-state index contributed by atoms with van der Waals surface area (Å²) < 4.78 is 24.8. The number of benzene rings is 1. The molecule has 9 heteroatoms. The van der Waals surface area contributed by atoms with Gasteiger partial charge in [-0.25, -0.2) is 8.42 Å². The van der Waals surface area contributed by atoms with Crippen LogP contribution in [0.1, 0.15) is 74.5 Å². The van der Waals surface area contributed by atoms with Gasteiger partial charge in [0, 0.05) is 19.2 Å². The molecule has 1 saturated carbocycles. The minimum Gasteiger partial charge on any atom is -0.508 e. The van der Waals surface area contributed by atoms with Crippen molar-refractivity contribution in [3.8, 4) is 5.75 Å². The number of phenols is 1. The van der Waals surface area contributed by atoms with Gasteiger partial charge in [0.1, 0.15) is 11.5 Å². The number of hydrogen-bond donors (Lipinski definition) is 4. The van der Waals surface area contributed by atoms with Crippen molar-refractivity contribution in [1.29, 1.82) is 0 Å². The summed E-state index contributed by atoms with van der Waals surface area (Å²) in [5.41, 5.74) is 14.7. The van der Waals surface area contributed by atoms with Crippen LogP contribution in [0.3, 0.4) is 0 Å². The molecule has 0 saturated heterocycles. The molecular weight excluding hydrogens is 454 g/mol. The van der Waals surface area contributed by atoms with Gasteiger partial charge in [-0.3, -0.25) is 9.59 Å². The normalized spacial score (nSPS) is 17.7. The number of carbonyl (C=O) groups is 2. The summed E-state index contributed by atoms with van der Waals surface area (Å²) in [6.07, 6.45) is 8.59. The predicted octanol–water partition coefficient (Wildman–Crippen LogP) is 2.40. The number of aromatic hydroxyl groups is 1. The first kappa shape index (κ1) is 28.3. The van der Waals surface area contributed by atoms with Crippen LogP contribution in [0.5, 0.6) is 5.75 Å². The molecule has 1 amide bonds. The molecule has 1 unspecified atom stereocenters. The zero-order chi connectivity index (χ0) is 25.5. The maximum atomic E-state index is 12.8. The molecule has 0 radical (unpaired) electrons. The van der Waals surface area contributed by atoms with Crippen LogP contribution in [0, 0.1) is 19.8 Å². The van der Waals surface area contributed by atoms with E-state index in [2.05, 4.69) is 5.32 Å². The Morgan fingerprint density at radius 3 is 2.32 bits per heavy atom. The Morgan fingerprint density at radius 1 is 1.18 bits per heavy atom. The molecule has 2 rings (SSSR count). The molecule has 0 aliphatic heterocycles. The summed E-state index contributed by atoms with van der Waals surface area (Å²) in [5.74, 6) is -0.326. The summed E-state index contributed by atoms with van der Waals surface area (Å²) >= 11 is 0. The molecule has 0 spiro atoms. The van der Waals surface area contributed by atoms with E-state index in [1.165, 1.54) is 32.1 Å². The standard InChI is InChI=1S/C25H41N3O5S/c1-17-14-20(29)15-18(2)21(17)16-22(26)23(30)11-12-25(27,34(3,32)33)24(31)28-13-7-10-19-8-5-4-6-9-19/h14-15,19,22,29H,4-13,16,26-27H2,1-3H3,(H,28,31)/t22-,25?/m1/s1. The molecule has 1 aliphatic carbocycles. The van der Waals surface area contributed by atoms with Gasteiger partial charge in [-0.15, -0.1) is 0 Å². The predicted molar refractivity (Wildman–Crippen MR) is 134 cm³/mol. The first-order chi connectivity index (χ1) is 15.8. The first-order valence-electron chi connectivity index (χ1n) is 12.2. The number of aryl methyl sites for hydroxylation is 2. The van der Waals surface area contributed by atoms with Gasteiger partial charge in [-0.1, -0.05) is 32.1 Å². The van der Waals surface area contributed by atoms with E-state index in [-0.39, 0.29) is 30.8 Å². The Labute approximate surface area is 203 Å². The smallest absolute Gasteiger partial charge is 0.255 e. The molecule has 6 N–H and O–H groups in total. The van der Waals surface area contributed by atoms with Gasteiger partial charge in [0.15, 0.2) is 14.7 Å². The van der Waals surface area contributed by atoms with Gasteiger partial charge >= 0.3 is 0 Å². The Balaban J connectivity index is 1.94. The third-order valence-corrected chi connectivity index (χ3v) is 8.82.